The van der Waals surface area contributed by atoms with Crippen molar-refractivity contribution in [1.82, 2.24) is 0 Å². The van der Waals surface area contributed by atoms with E-state index in [1.54, 1.807) is 6.92 Å². The van der Waals surface area contributed by atoms with Crippen molar-refractivity contribution in [3.63, 3.8) is 0 Å². The molecule has 4 rings (SSSR count). The molecule has 3 atom stereocenters. The van der Waals surface area contributed by atoms with E-state index in [0.29, 0.717) is 18.3 Å². The van der Waals surface area contributed by atoms with E-state index in [4.69, 9.17) is 10.00 Å². The Labute approximate surface area is 107 Å². The Morgan fingerprint density at radius 3 is 2.50 bits per heavy atom. The lowest BCUT2D eigenvalue weighted by Gasteiger charge is -2.58. The Hall–Kier alpha value is -1.08. The largest absolute Gasteiger partial charge is 0.447 e. The van der Waals surface area contributed by atoms with Crippen LogP contribution in [0.15, 0.2) is 0 Å². The van der Waals surface area contributed by atoms with Crippen LogP contribution in [0.5, 0.6) is 0 Å². The summed E-state index contributed by atoms with van der Waals surface area (Å²) in [5.41, 5.74) is -1.16. The number of esters is 1. The minimum atomic E-state index is -0.694. The SMILES string of the molecule is C[C@@H](C#N)OC(=O)C12C[C@@H]3C[C@H](CC(O)(C3)C1)C2. The van der Waals surface area contributed by atoms with Gasteiger partial charge in [0.25, 0.3) is 0 Å². The monoisotopic (exact) mass is 249 g/mol. The zero-order valence-corrected chi connectivity index (χ0v) is 10.7. The maximum absolute atomic E-state index is 12.3. The Balaban J connectivity index is 1.83. The van der Waals surface area contributed by atoms with E-state index in [-0.39, 0.29) is 5.97 Å². The molecule has 0 aromatic carbocycles. The second kappa shape index (κ2) is 3.71. The van der Waals surface area contributed by atoms with Crippen molar-refractivity contribution in [2.75, 3.05) is 0 Å². The number of carbonyl (C=O) groups is 1. The fraction of sp³-hybridized carbons (Fsp3) is 0.857. The van der Waals surface area contributed by atoms with Crippen LogP contribution in [0.3, 0.4) is 0 Å². The van der Waals surface area contributed by atoms with Crippen molar-refractivity contribution in [3.8, 4) is 6.07 Å². The van der Waals surface area contributed by atoms with Gasteiger partial charge in [0.1, 0.15) is 6.07 Å². The zero-order valence-electron chi connectivity index (χ0n) is 10.7. The van der Waals surface area contributed by atoms with Gasteiger partial charge >= 0.3 is 5.97 Å². The smallest absolute Gasteiger partial charge is 0.313 e. The third kappa shape index (κ3) is 1.73. The van der Waals surface area contributed by atoms with Gasteiger partial charge in [-0.15, -0.1) is 0 Å². The number of carbonyl (C=O) groups excluding carboxylic acids is 1. The minimum Gasteiger partial charge on any atom is -0.447 e. The van der Waals surface area contributed by atoms with Crippen LogP contribution in [-0.4, -0.2) is 22.8 Å². The van der Waals surface area contributed by atoms with Gasteiger partial charge in [-0.3, -0.25) is 4.79 Å². The lowest BCUT2D eigenvalue weighted by Crippen LogP contribution is -2.58. The van der Waals surface area contributed by atoms with Gasteiger partial charge in [-0.25, -0.2) is 0 Å². The summed E-state index contributed by atoms with van der Waals surface area (Å²) in [6.07, 6.45) is 4.33. The van der Waals surface area contributed by atoms with Crippen molar-refractivity contribution < 1.29 is 14.6 Å². The van der Waals surface area contributed by atoms with E-state index < -0.39 is 17.1 Å². The Bertz CT molecular complexity index is 411. The molecule has 0 saturated heterocycles. The number of nitrogens with zero attached hydrogens (tertiary/aromatic N) is 1. The molecule has 0 radical (unpaired) electrons. The first kappa shape index (κ1) is 12.0. The van der Waals surface area contributed by atoms with Crippen molar-refractivity contribution in [1.29, 1.82) is 5.26 Å². The summed E-state index contributed by atoms with van der Waals surface area (Å²) in [7, 11) is 0. The van der Waals surface area contributed by atoms with Crippen LogP contribution >= 0.6 is 0 Å². The molecular formula is C14H19NO3. The molecule has 18 heavy (non-hydrogen) atoms. The maximum Gasteiger partial charge on any atom is 0.313 e. The van der Waals surface area contributed by atoms with E-state index >= 15 is 0 Å². The van der Waals surface area contributed by atoms with Gasteiger partial charge in [0.05, 0.1) is 11.0 Å². The summed E-state index contributed by atoms with van der Waals surface area (Å²) in [6.45, 7) is 1.59. The summed E-state index contributed by atoms with van der Waals surface area (Å²) in [5.74, 6) is 0.659. The topological polar surface area (TPSA) is 70.3 Å². The predicted molar refractivity (Wildman–Crippen MR) is 63.2 cm³/mol. The summed E-state index contributed by atoms with van der Waals surface area (Å²) in [4.78, 5) is 12.3. The van der Waals surface area contributed by atoms with Crippen molar-refractivity contribution in [2.24, 2.45) is 17.3 Å². The van der Waals surface area contributed by atoms with Crippen LogP contribution in [0.2, 0.25) is 0 Å². The molecule has 4 fully saturated rings. The van der Waals surface area contributed by atoms with Crippen LogP contribution in [0.25, 0.3) is 0 Å². The summed E-state index contributed by atoms with van der Waals surface area (Å²) >= 11 is 0. The molecule has 4 bridgehead atoms. The highest BCUT2D eigenvalue weighted by molar-refractivity contribution is 5.78. The van der Waals surface area contributed by atoms with Gasteiger partial charge in [0, 0.05) is 0 Å². The Morgan fingerprint density at radius 1 is 1.39 bits per heavy atom. The molecule has 0 unspecified atom stereocenters. The molecular weight excluding hydrogens is 230 g/mol. The minimum absolute atomic E-state index is 0.260. The fourth-order valence-electron chi connectivity index (χ4n) is 4.76. The maximum atomic E-state index is 12.3. The van der Waals surface area contributed by atoms with Crippen LogP contribution in [0, 0.1) is 28.6 Å². The molecule has 4 aliphatic carbocycles. The van der Waals surface area contributed by atoms with Gasteiger partial charge in [-0.1, -0.05) is 0 Å². The van der Waals surface area contributed by atoms with E-state index in [1.807, 2.05) is 6.07 Å². The molecule has 4 heteroatoms. The normalized spacial score (nSPS) is 46.5. The van der Waals surface area contributed by atoms with Crippen molar-refractivity contribution in [2.45, 2.75) is 57.2 Å². The van der Waals surface area contributed by atoms with Crippen LogP contribution in [0.1, 0.15) is 45.4 Å². The quantitative estimate of drug-likeness (QED) is 0.757. The molecule has 0 aromatic heterocycles. The average Bonchev–Trinajstić information content (AvgIpc) is 2.25. The molecule has 0 aromatic rings. The van der Waals surface area contributed by atoms with Crippen LogP contribution < -0.4 is 0 Å². The van der Waals surface area contributed by atoms with Gasteiger partial charge in [-0.2, -0.15) is 5.26 Å². The molecule has 4 saturated carbocycles. The number of rotatable bonds is 2. The highest BCUT2D eigenvalue weighted by Crippen LogP contribution is 2.62. The third-order valence-corrected chi connectivity index (χ3v) is 4.93. The first-order chi connectivity index (χ1) is 8.45. The second-order valence-electron chi connectivity index (χ2n) is 6.64. The first-order valence-corrected chi connectivity index (χ1v) is 6.78. The Morgan fingerprint density at radius 2 is 2.00 bits per heavy atom. The lowest BCUT2D eigenvalue weighted by molar-refractivity contribution is -0.197. The van der Waals surface area contributed by atoms with E-state index in [9.17, 15) is 9.90 Å². The average molecular weight is 249 g/mol. The molecule has 0 aliphatic heterocycles. The third-order valence-electron chi connectivity index (χ3n) is 4.93. The van der Waals surface area contributed by atoms with E-state index in [1.165, 1.54) is 0 Å². The molecule has 98 valence electrons. The van der Waals surface area contributed by atoms with Crippen LogP contribution in [-0.2, 0) is 9.53 Å². The number of hydrogen-bond acceptors (Lipinski definition) is 4. The van der Waals surface area contributed by atoms with Gasteiger partial charge in [0.15, 0.2) is 6.10 Å². The second-order valence-corrected chi connectivity index (χ2v) is 6.64. The van der Waals surface area contributed by atoms with Gasteiger partial charge < -0.3 is 9.84 Å². The highest BCUT2D eigenvalue weighted by Gasteiger charge is 2.61. The zero-order chi connectivity index (χ0) is 13.0. The molecule has 4 nitrogen and oxygen atoms in total. The van der Waals surface area contributed by atoms with Crippen LogP contribution in [0.4, 0.5) is 0 Å². The van der Waals surface area contributed by atoms with E-state index in [2.05, 4.69) is 0 Å². The standard InChI is InChI=1S/C14H19NO3/c1-9(7-15)18-12(16)13-3-10-2-11(4-13)6-14(17,5-10)8-13/h9-11,17H,2-6,8H2,1H3/t9-,10-,11-,13?,14?/m0/s1. The molecule has 0 spiro atoms. The predicted octanol–water partition coefficient (Wildman–Crippen LogP) is 1.77. The molecule has 4 aliphatic rings. The van der Waals surface area contributed by atoms with Gasteiger partial charge in [-0.05, 0) is 57.3 Å². The molecule has 0 amide bonds. The number of ether oxygens (including phenoxy) is 1. The van der Waals surface area contributed by atoms with E-state index in [0.717, 1.165) is 32.1 Å². The first-order valence-electron chi connectivity index (χ1n) is 6.78. The highest BCUT2D eigenvalue weighted by atomic mass is 16.5. The fourth-order valence-corrected chi connectivity index (χ4v) is 4.76. The van der Waals surface area contributed by atoms with Crippen molar-refractivity contribution >= 4 is 5.97 Å². The summed E-state index contributed by atoms with van der Waals surface area (Å²) in [6, 6.07) is 1.93. The van der Waals surface area contributed by atoms with Gasteiger partial charge in [0.2, 0.25) is 0 Å². The number of hydrogen-bond donors (Lipinski definition) is 1. The lowest BCUT2D eigenvalue weighted by atomic mass is 9.48. The molecule has 0 heterocycles. The Kier molecular flexibility index (Phi) is 2.47. The van der Waals surface area contributed by atoms with Crippen molar-refractivity contribution in [3.05, 3.63) is 0 Å². The number of nitriles is 1. The summed E-state index contributed by atoms with van der Waals surface area (Å²) < 4.78 is 5.22. The number of aliphatic hydroxyl groups is 1. The summed E-state index contributed by atoms with van der Waals surface area (Å²) in [5, 5.41) is 19.3. The molecule has 1 N–H and O–H groups in total.